The summed E-state index contributed by atoms with van der Waals surface area (Å²) < 4.78 is 0. The Bertz CT molecular complexity index is 843. The average molecular weight is 527 g/mol. The van der Waals surface area contributed by atoms with E-state index in [2.05, 4.69) is 68.4 Å². The van der Waals surface area contributed by atoms with Crippen LogP contribution in [0, 0.1) is 21.7 Å². The summed E-state index contributed by atoms with van der Waals surface area (Å²) in [6.45, 7) is 22.6. The van der Waals surface area contributed by atoms with E-state index in [9.17, 15) is 15.0 Å². The topological polar surface area (TPSA) is 138 Å². The molecule has 216 valence electrons. The van der Waals surface area contributed by atoms with Crippen LogP contribution in [0.4, 0.5) is 0 Å². The van der Waals surface area contributed by atoms with Gasteiger partial charge in [-0.3, -0.25) is 0 Å². The molecule has 0 aliphatic rings. The van der Waals surface area contributed by atoms with Crippen LogP contribution in [-0.2, 0) is 15.6 Å². The molecule has 0 aromatic heterocycles. The Morgan fingerprint density at radius 2 is 0.946 bits per heavy atom. The Morgan fingerprint density at radius 3 is 1.14 bits per heavy atom. The molecule has 0 fully saturated rings. The molecule has 1 rings (SSSR count). The third-order valence-corrected chi connectivity index (χ3v) is 7.67. The molecule has 0 aliphatic heterocycles. The van der Waals surface area contributed by atoms with Crippen LogP contribution in [-0.4, -0.2) is 68.6 Å². The molecule has 0 heterocycles. The van der Waals surface area contributed by atoms with Crippen LogP contribution in [0.5, 0.6) is 0 Å². The highest BCUT2D eigenvalue weighted by molar-refractivity contribution is 5.82. The van der Waals surface area contributed by atoms with Crippen LogP contribution in [0.3, 0.4) is 0 Å². The van der Waals surface area contributed by atoms with Crippen molar-refractivity contribution in [2.75, 3.05) is 26.4 Å². The van der Waals surface area contributed by atoms with Crippen molar-refractivity contribution in [1.82, 2.24) is 0 Å². The van der Waals surface area contributed by atoms with E-state index in [1.807, 2.05) is 39.0 Å². The number of hydrogen-bond acceptors (Lipinski definition) is 6. The number of hydrogen-bond donors (Lipinski definition) is 6. The first-order valence-electron chi connectivity index (χ1n) is 12.9. The number of carbonyl (C=O) groups is 1. The Kier molecular flexibility index (Phi) is 11.2. The summed E-state index contributed by atoms with van der Waals surface area (Å²) in [6, 6.07) is 8.06. The second kappa shape index (κ2) is 11.7. The molecule has 0 bridgehead atoms. The van der Waals surface area contributed by atoms with Gasteiger partial charge in [0.15, 0.2) is 5.60 Å². The first-order chi connectivity index (χ1) is 16.4. The van der Waals surface area contributed by atoms with Crippen molar-refractivity contribution in [3.05, 3.63) is 35.4 Å². The summed E-state index contributed by atoms with van der Waals surface area (Å²) in [6.07, 6.45) is 0. The van der Waals surface area contributed by atoms with Gasteiger partial charge in [-0.2, -0.15) is 0 Å². The van der Waals surface area contributed by atoms with E-state index in [0.29, 0.717) is 0 Å². The van der Waals surface area contributed by atoms with Crippen molar-refractivity contribution in [2.45, 2.75) is 99.5 Å². The maximum atomic E-state index is 12.9. The Hall–Kier alpha value is -1.51. The number of benzene rings is 1. The summed E-state index contributed by atoms with van der Waals surface area (Å²) in [5, 5.41) is 56.8. The van der Waals surface area contributed by atoms with E-state index < -0.39 is 65.1 Å². The normalized spacial score (nSPS) is 15.5. The molecular formula is C30H54O7. The number of rotatable bonds is 7. The van der Waals surface area contributed by atoms with Gasteiger partial charge in [-0.25, -0.2) is 4.79 Å². The maximum Gasteiger partial charge on any atom is 0.337 e. The van der Waals surface area contributed by atoms with Gasteiger partial charge < -0.3 is 30.6 Å². The SMILES string of the molecule is CC(C)(C)c1ccccc1C(C(C)(C)C)(C(C)(C)C)C(O)(C(=O)O)C(C)(C)C.OCC(CO)(CO)CO. The lowest BCUT2D eigenvalue weighted by Crippen LogP contribution is -2.73. The van der Waals surface area contributed by atoms with Gasteiger partial charge in [0.25, 0.3) is 0 Å². The van der Waals surface area contributed by atoms with Crippen LogP contribution in [0.25, 0.3) is 0 Å². The van der Waals surface area contributed by atoms with Crippen molar-refractivity contribution in [1.29, 1.82) is 0 Å². The number of aliphatic hydroxyl groups is 5. The standard InChI is InChI=1S/C25H42O3.C5H12O4/c1-20(2,3)17-15-13-14-16-18(17)24(21(4,5)6,22(7,8)9)25(28,19(26)27)23(10,11)12;6-1-5(2-7,3-8)4-9/h13-16,28H,1-12H3,(H,26,27);6-9H,1-4H2. The first kappa shape index (κ1) is 35.5. The smallest absolute Gasteiger partial charge is 0.337 e. The molecule has 7 heteroatoms. The fourth-order valence-corrected chi connectivity index (χ4v) is 6.02. The molecule has 0 radical (unpaired) electrons. The summed E-state index contributed by atoms with van der Waals surface area (Å²) in [4.78, 5) is 12.9. The molecule has 1 atom stereocenters. The number of aliphatic hydroxyl groups excluding tert-OH is 4. The van der Waals surface area contributed by atoms with Gasteiger partial charge in [0.05, 0.1) is 31.8 Å². The molecule has 0 saturated carbocycles. The second-order valence-electron chi connectivity index (χ2n) is 14.4. The molecule has 0 aliphatic carbocycles. The molecule has 7 nitrogen and oxygen atoms in total. The summed E-state index contributed by atoms with van der Waals surface area (Å²) in [5.41, 5.74) is -4.38. The molecule has 37 heavy (non-hydrogen) atoms. The molecule has 0 spiro atoms. The van der Waals surface area contributed by atoms with E-state index in [1.54, 1.807) is 0 Å². The molecule has 6 N–H and O–H groups in total. The lowest BCUT2D eigenvalue weighted by molar-refractivity contribution is -0.217. The van der Waals surface area contributed by atoms with Gasteiger partial charge in [-0.15, -0.1) is 0 Å². The maximum absolute atomic E-state index is 12.9. The lowest BCUT2D eigenvalue weighted by atomic mass is 9.40. The minimum Gasteiger partial charge on any atom is -0.479 e. The van der Waals surface area contributed by atoms with Crippen LogP contribution < -0.4 is 0 Å². The summed E-state index contributed by atoms with van der Waals surface area (Å²) >= 11 is 0. The monoisotopic (exact) mass is 526 g/mol. The van der Waals surface area contributed by atoms with Crippen LogP contribution in [0.2, 0.25) is 0 Å². The number of carboxylic acids is 1. The quantitative estimate of drug-likeness (QED) is 0.314. The predicted molar refractivity (Wildman–Crippen MR) is 149 cm³/mol. The van der Waals surface area contributed by atoms with Gasteiger partial charge in [0.1, 0.15) is 0 Å². The molecule has 0 amide bonds. The van der Waals surface area contributed by atoms with Gasteiger partial charge in [-0.1, -0.05) is 107 Å². The molecule has 1 unspecified atom stereocenters. The molecule has 1 aromatic carbocycles. The van der Waals surface area contributed by atoms with Crippen molar-refractivity contribution < 1.29 is 35.4 Å². The first-order valence-corrected chi connectivity index (χ1v) is 12.9. The average Bonchev–Trinajstić information content (AvgIpc) is 2.73. The third-order valence-electron chi connectivity index (χ3n) is 7.67. The van der Waals surface area contributed by atoms with Crippen LogP contribution in [0.1, 0.15) is 94.2 Å². The van der Waals surface area contributed by atoms with Gasteiger partial charge in [0, 0.05) is 10.8 Å². The van der Waals surface area contributed by atoms with E-state index in [4.69, 9.17) is 20.4 Å². The van der Waals surface area contributed by atoms with Gasteiger partial charge in [-0.05, 0) is 27.4 Å². The van der Waals surface area contributed by atoms with Crippen molar-refractivity contribution in [2.24, 2.45) is 21.7 Å². The minimum atomic E-state index is -2.00. The predicted octanol–water partition coefficient (Wildman–Crippen LogP) is 4.12. The summed E-state index contributed by atoms with van der Waals surface area (Å²) in [7, 11) is 0. The van der Waals surface area contributed by atoms with E-state index in [1.165, 1.54) is 0 Å². The Balaban J connectivity index is 0.00000122. The molecular weight excluding hydrogens is 472 g/mol. The van der Waals surface area contributed by atoms with Crippen LogP contribution in [0.15, 0.2) is 24.3 Å². The lowest BCUT2D eigenvalue weighted by Gasteiger charge is -2.64. The zero-order valence-corrected chi connectivity index (χ0v) is 25.2. The highest BCUT2D eigenvalue weighted by atomic mass is 16.4. The largest absolute Gasteiger partial charge is 0.479 e. The third kappa shape index (κ3) is 6.39. The Morgan fingerprint density at radius 1 is 0.622 bits per heavy atom. The number of carboxylic acid groups (broad SMARTS) is 1. The van der Waals surface area contributed by atoms with Crippen molar-refractivity contribution in [3.63, 3.8) is 0 Å². The van der Waals surface area contributed by atoms with Crippen molar-refractivity contribution >= 4 is 5.97 Å². The highest BCUT2D eigenvalue weighted by Gasteiger charge is 2.71. The fourth-order valence-electron chi connectivity index (χ4n) is 6.02. The fraction of sp³-hybridized carbons (Fsp3) is 0.767. The molecule has 1 aromatic rings. The molecule has 0 saturated heterocycles. The van der Waals surface area contributed by atoms with E-state index in [-0.39, 0.29) is 5.41 Å². The minimum absolute atomic E-state index is 0.199. The second-order valence-corrected chi connectivity index (χ2v) is 14.4. The van der Waals surface area contributed by atoms with E-state index in [0.717, 1.165) is 11.1 Å². The number of aliphatic carboxylic acids is 1. The van der Waals surface area contributed by atoms with Crippen LogP contribution >= 0.6 is 0 Å². The van der Waals surface area contributed by atoms with Crippen molar-refractivity contribution in [3.8, 4) is 0 Å². The Labute approximate surface area is 224 Å². The zero-order valence-electron chi connectivity index (χ0n) is 25.2. The zero-order chi connectivity index (χ0) is 29.9. The summed E-state index contributed by atoms with van der Waals surface area (Å²) in [5.74, 6) is -1.17. The highest BCUT2D eigenvalue weighted by Crippen LogP contribution is 2.64. The van der Waals surface area contributed by atoms with E-state index >= 15 is 0 Å². The van der Waals surface area contributed by atoms with Gasteiger partial charge in [0.2, 0.25) is 0 Å². The van der Waals surface area contributed by atoms with Gasteiger partial charge >= 0.3 is 5.97 Å².